The van der Waals surface area contributed by atoms with Crippen LogP contribution in [0, 0.1) is 6.92 Å². The number of aryl methyl sites for hydroxylation is 1. The Bertz CT molecular complexity index is 520. The van der Waals surface area contributed by atoms with Crippen LogP contribution in [-0.2, 0) is 6.42 Å². The molecule has 74 valence electrons. The van der Waals surface area contributed by atoms with Gasteiger partial charge in [-0.2, -0.15) is 0 Å². The molecule has 1 aliphatic heterocycles. The van der Waals surface area contributed by atoms with Gasteiger partial charge in [-0.3, -0.25) is 9.97 Å². The third-order valence-corrected chi connectivity index (χ3v) is 2.81. The van der Waals surface area contributed by atoms with E-state index in [2.05, 4.69) is 15.3 Å². The molecule has 0 amide bonds. The maximum absolute atomic E-state index is 4.30. The van der Waals surface area contributed by atoms with Gasteiger partial charge in [-0.05, 0) is 24.6 Å². The molecule has 0 bridgehead atoms. The third kappa shape index (κ3) is 1.28. The molecule has 2 aromatic heterocycles. The highest BCUT2D eigenvalue weighted by Gasteiger charge is 2.16. The Hall–Kier alpha value is -1.90. The average molecular weight is 197 g/mol. The smallest absolute Gasteiger partial charge is 0.0453 e. The van der Waals surface area contributed by atoms with Crippen LogP contribution in [-0.4, -0.2) is 9.97 Å². The van der Waals surface area contributed by atoms with Crippen LogP contribution in [0.2, 0.25) is 0 Å². The summed E-state index contributed by atoms with van der Waals surface area (Å²) in [6.45, 7) is 2.04. The lowest BCUT2D eigenvalue weighted by molar-refractivity contribution is 1.05. The van der Waals surface area contributed by atoms with Gasteiger partial charge in [0.2, 0.25) is 0 Å². The Morgan fingerprint density at radius 1 is 1.20 bits per heavy atom. The number of nitrogens with one attached hydrogen (secondary N) is 1. The van der Waals surface area contributed by atoms with Gasteiger partial charge in [-0.1, -0.05) is 0 Å². The lowest BCUT2D eigenvalue weighted by Crippen LogP contribution is -2.09. The Labute approximate surface area is 88.2 Å². The van der Waals surface area contributed by atoms with Crippen molar-refractivity contribution >= 4 is 11.4 Å². The van der Waals surface area contributed by atoms with Crippen LogP contribution in [0.25, 0.3) is 0 Å². The quantitative estimate of drug-likeness (QED) is 0.601. The number of nitrogens with zero attached hydrogens (tertiary/aromatic N) is 2. The molecular weight excluding hydrogens is 186 g/mol. The summed E-state index contributed by atoms with van der Waals surface area (Å²) in [5.74, 6) is 0. The number of hydrogen-bond acceptors (Lipinski definition) is 3. The highest BCUT2D eigenvalue weighted by atomic mass is 14.9. The molecule has 0 spiro atoms. The highest BCUT2D eigenvalue weighted by Crippen LogP contribution is 2.32. The van der Waals surface area contributed by atoms with Crippen molar-refractivity contribution in [3.63, 3.8) is 0 Å². The normalized spacial score (nSPS) is 12.6. The minimum Gasteiger partial charge on any atom is -0.355 e. The lowest BCUT2D eigenvalue weighted by Gasteiger charge is -2.21. The second-order valence-electron chi connectivity index (χ2n) is 3.76. The van der Waals surface area contributed by atoms with E-state index in [0.29, 0.717) is 0 Å². The highest BCUT2D eigenvalue weighted by molar-refractivity contribution is 5.71. The molecule has 2 aromatic rings. The monoisotopic (exact) mass is 197 g/mol. The van der Waals surface area contributed by atoms with Crippen LogP contribution in [0.4, 0.5) is 11.4 Å². The number of pyridine rings is 2. The third-order valence-electron chi connectivity index (χ3n) is 2.81. The molecule has 1 aliphatic rings. The van der Waals surface area contributed by atoms with Crippen LogP contribution in [0.3, 0.4) is 0 Å². The first-order valence-electron chi connectivity index (χ1n) is 4.99. The maximum atomic E-state index is 4.30. The van der Waals surface area contributed by atoms with E-state index in [4.69, 9.17) is 0 Å². The zero-order valence-electron chi connectivity index (χ0n) is 8.49. The molecule has 3 rings (SSSR count). The summed E-state index contributed by atoms with van der Waals surface area (Å²) in [6, 6.07) is 4.03. The first-order chi connectivity index (χ1) is 7.34. The van der Waals surface area contributed by atoms with Gasteiger partial charge in [0.1, 0.15) is 0 Å². The van der Waals surface area contributed by atoms with Gasteiger partial charge >= 0.3 is 0 Å². The van der Waals surface area contributed by atoms with E-state index in [9.17, 15) is 0 Å². The Morgan fingerprint density at radius 3 is 3.00 bits per heavy atom. The largest absolute Gasteiger partial charge is 0.355 e. The van der Waals surface area contributed by atoms with Crippen molar-refractivity contribution in [2.75, 3.05) is 5.32 Å². The van der Waals surface area contributed by atoms with Crippen LogP contribution in [0.5, 0.6) is 0 Å². The van der Waals surface area contributed by atoms with Gasteiger partial charge in [0, 0.05) is 47.6 Å². The first kappa shape index (κ1) is 8.41. The van der Waals surface area contributed by atoms with Crippen LogP contribution in [0.1, 0.15) is 16.8 Å². The van der Waals surface area contributed by atoms with E-state index >= 15 is 0 Å². The van der Waals surface area contributed by atoms with Crippen molar-refractivity contribution in [1.29, 1.82) is 0 Å². The molecule has 1 N–H and O–H groups in total. The Morgan fingerprint density at radius 2 is 2.07 bits per heavy atom. The minimum atomic E-state index is 0.922. The minimum absolute atomic E-state index is 0.922. The van der Waals surface area contributed by atoms with Crippen molar-refractivity contribution < 1.29 is 0 Å². The first-order valence-corrected chi connectivity index (χ1v) is 4.99. The molecule has 0 unspecified atom stereocenters. The maximum Gasteiger partial charge on any atom is 0.0453 e. The van der Waals surface area contributed by atoms with Crippen LogP contribution in [0.15, 0.2) is 30.7 Å². The number of fused-ring (bicyclic) bond motifs is 2. The van der Waals surface area contributed by atoms with Crippen molar-refractivity contribution in [2.24, 2.45) is 0 Å². The predicted molar refractivity (Wildman–Crippen MR) is 59.3 cm³/mol. The summed E-state index contributed by atoms with van der Waals surface area (Å²) < 4.78 is 0. The standard InChI is InChI=1S/C12H11N3/c1-8-10-6-9-7-13-4-2-11(9)15-12(10)3-5-14-8/h2-5,7,15H,6H2,1H3. The number of hydrogen-bond donors (Lipinski definition) is 1. The summed E-state index contributed by atoms with van der Waals surface area (Å²) in [5.41, 5.74) is 5.93. The molecule has 3 heterocycles. The van der Waals surface area contributed by atoms with Gasteiger partial charge in [0.15, 0.2) is 0 Å². The van der Waals surface area contributed by atoms with E-state index in [-0.39, 0.29) is 0 Å². The van der Waals surface area contributed by atoms with Crippen LogP contribution < -0.4 is 5.32 Å². The molecule has 0 fully saturated rings. The lowest BCUT2D eigenvalue weighted by atomic mass is 9.98. The van der Waals surface area contributed by atoms with Crippen molar-refractivity contribution in [1.82, 2.24) is 9.97 Å². The zero-order valence-corrected chi connectivity index (χ0v) is 8.49. The van der Waals surface area contributed by atoms with Gasteiger partial charge in [0.25, 0.3) is 0 Å². The molecule has 0 aromatic carbocycles. The Balaban J connectivity index is 2.15. The predicted octanol–water partition coefficient (Wildman–Crippen LogP) is 2.43. The van der Waals surface area contributed by atoms with Gasteiger partial charge in [0.05, 0.1) is 0 Å². The fourth-order valence-electron chi connectivity index (χ4n) is 1.96. The number of anilines is 2. The summed E-state index contributed by atoms with van der Waals surface area (Å²) in [6.07, 6.45) is 6.49. The molecule has 0 saturated heterocycles. The summed E-state index contributed by atoms with van der Waals surface area (Å²) in [5, 5.41) is 3.40. The average Bonchev–Trinajstić information content (AvgIpc) is 2.27. The molecule has 15 heavy (non-hydrogen) atoms. The van der Waals surface area contributed by atoms with Crippen molar-refractivity contribution in [3.8, 4) is 0 Å². The van der Waals surface area contributed by atoms with Gasteiger partial charge in [-0.25, -0.2) is 0 Å². The second kappa shape index (κ2) is 3.05. The van der Waals surface area contributed by atoms with Crippen LogP contribution >= 0.6 is 0 Å². The SMILES string of the molecule is Cc1nccc2c1Cc1cnccc1N2. The molecule has 3 heteroatoms. The Kier molecular flexibility index (Phi) is 1.71. The summed E-state index contributed by atoms with van der Waals surface area (Å²) >= 11 is 0. The van der Waals surface area contributed by atoms with E-state index in [1.807, 2.05) is 37.6 Å². The molecule has 0 radical (unpaired) electrons. The second-order valence-corrected chi connectivity index (χ2v) is 3.76. The molecular formula is C12H11N3. The number of aromatic nitrogens is 2. The van der Waals surface area contributed by atoms with Crippen molar-refractivity contribution in [2.45, 2.75) is 13.3 Å². The van der Waals surface area contributed by atoms with Gasteiger partial charge in [-0.15, -0.1) is 0 Å². The van der Waals surface area contributed by atoms with E-state index < -0.39 is 0 Å². The fraction of sp³-hybridized carbons (Fsp3) is 0.167. The number of rotatable bonds is 0. The summed E-state index contributed by atoms with van der Waals surface area (Å²) in [7, 11) is 0. The molecule has 0 atom stereocenters. The van der Waals surface area contributed by atoms with Gasteiger partial charge < -0.3 is 5.32 Å². The van der Waals surface area contributed by atoms with Crippen molar-refractivity contribution in [3.05, 3.63) is 47.5 Å². The molecule has 3 nitrogen and oxygen atoms in total. The fourth-order valence-corrected chi connectivity index (χ4v) is 1.96. The zero-order chi connectivity index (χ0) is 10.3. The van der Waals surface area contributed by atoms with E-state index in [0.717, 1.165) is 17.8 Å². The summed E-state index contributed by atoms with van der Waals surface area (Å²) in [4.78, 5) is 8.45. The van der Waals surface area contributed by atoms with E-state index in [1.54, 1.807) is 0 Å². The molecule has 0 aliphatic carbocycles. The molecule has 0 saturated carbocycles. The van der Waals surface area contributed by atoms with E-state index in [1.165, 1.54) is 16.8 Å². The topological polar surface area (TPSA) is 37.8 Å².